The predicted octanol–water partition coefficient (Wildman–Crippen LogP) is 8.38. The molecule has 0 aromatic carbocycles. The van der Waals surface area contributed by atoms with E-state index in [-0.39, 0.29) is 19.4 Å². The number of allylic oxidation sites excluding steroid dienone is 4. The van der Waals surface area contributed by atoms with Gasteiger partial charge >= 0.3 is 11.9 Å². The number of aliphatic carboxylic acids is 1. The molecule has 0 spiro atoms. The fourth-order valence-corrected chi connectivity index (χ4v) is 6.55. The summed E-state index contributed by atoms with van der Waals surface area (Å²) in [5.41, 5.74) is 3.24. The van der Waals surface area contributed by atoms with Gasteiger partial charge in [0.15, 0.2) is 6.10 Å². The van der Waals surface area contributed by atoms with Gasteiger partial charge in [-0.05, 0) is 64.2 Å². The number of ether oxygens (including phenoxy) is 2. The Bertz CT molecular complexity index is 1020. The lowest BCUT2D eigenvalue weighted by Gasteiger charge is -2.26. The molecule has 3 N–H and O–H groups in total. The molecule has 3 atom stereocenters. The normalized spacial score (nSPS) is 14.0. The predicted molar refractivity (Wildman–Crippen MR) is 211 cm³/mol. The number of unbranched alkanes of at least 4 members (excludes halogenated alkanes) is 22. The summed E-state index contributed by atoms with van der Waals surface area (Å²) in [6.45, 7) is 2.67. The number of carbonyl (C=O) groups excluding carboxylic acids is 3. The Balaban J connectivity index is 4.38. The van der Waals surface area contributed by atoms with Crippen molar-refractivity contribution in [3.05, 3.63) is 24.3 Å². The first-order valence-corrected chi connectivity index (χ1v) is 22.9. The van der Waals surface area contributed by atoms with Crippen molar-refractivity contribution in [2.24, 2.45) is 0 Å². The molecular weight excluding hydrogens is 709 g/mol. The van der Waals surface area contributed by atoms with Crippen LogP contribution in [0.4, 0.5) is 0 Å². The Hall–Kier alpha value is -2.04. The van der Waals surface area contributed by atoms with Crippen molar-refractivity contribution >= 4 is 25.7 Å². The molecule has 0 aromatic rings. The lowest BCUT2D eigenvalue weighted by Crippen LogP contribution is -2.70. The molecule has 0 saturated carbocycles. The molecule has 0 saturated heterocycles. The molecule has 0 aliphatic carbocycles. The van der Waals surface area contributed by atoms with Gasteiger partial charge in [0.05, 0.1) is 6.61 Å². The molecule has 12 heteroatoms. The first-order chi connectivity index (χ1) is 26.1. The second kappa shape index (κ2) is 37.9. The van der Waals surface area contributed by atoms with Crippen LogP contribution in [-0.4, -0.2) is 49.9 Å². The summed E-state index contributed by atoms with van der Waals surface area (Å²) in [5, 5.41) is 10.8. The van der Waals surface area contributed by atoms with E-state index < -0.39 is 51.1 Å². The van der Waals surface area contributed by atoms with Crippen molar-refractivity contribution in [2.75, 3.05) is 19.8 Å². The minimum Gasteiger partial charge on any atom is -0.756 e. The molecule has 54 heavy (non-hydrogen) atoms. The van der Waals surface area contributed by atoms with Gasteiger partial charge < -0.3 is 39.0 Å². The molecule has 0 fully saturated rings. The summed E-state index contributed by atoms with van der Waals surface area (Å²) in [7, 11) is -4.95. The largest absolute Gasteiger partial charge is 0.756 e. The maximum absolute atomic E-state index is 12.6. The van der Waals surface area contributed by atoms with Gasteiger partial charge in [-0.2, -0.15) is 0 Å². The molecule has 0 heterocycles. The van der Waals surface area contributed by atoms with Crippen LogP contribution in [0.15, 0.2) is 24.3 Å². The number of esters is 2. The average Bonchev–Trinajstić information content (AvgIpc) is 3.14. The summed E-state index contributed by atoms with van der Waals surface area (Å²) >= 11 is 0. The second-order valence-electron chi connectivity index (χ2n) is 14.5. The zero-order valence-corrected chi connectivity index (χ0v) is 35.0. The van der Waals surface area contributed by atoms with Crippen LogP contribution in [0.5, 0.6) is 0 Å². The van der Waals surface area contributed by atoms with E-state index in [4.69, 9.17) is 14.0 Å². The van der Waals surface area contributed by atoms with Crippen LogP contribution in [0.1, 0.15) is 194 Å². The summed E-state index contributed by atoms with van der Waals surface area (Å²) in [6.07, 6.45) is 37.9. The first-order valence-electron chi connectivity index (χ1n) is 21.4. The fraction of sp³-hybridized carbons (Fsp3) is 0.833. The van der Waals surface area contributed by atoms with Gasteiger partial charge in [0.2, 0.25) is 0 Å². The number of quaternary nitrogens is 1. The minimum absolute atomic E-state index is 0.143. The molecule has 0 amide bonds. The zero-order chi connectivity index (χ0) is 40.0. The van der Waals surface area contributed by atoms with E-state index in [9.17, 15) is 28.9 Å². The van der Waals surface area contributed by atoms with E-state index in [2.05, 4.69) is 48.4 Å². The SMILES string of the molecule is CCCCCC/C=C\CCCCCCCCCC(=O)OC[C@H](COP(=O)([O-])OC[C@H]([NH3+])C(=O)[O-])OC(=O)CCCCCCCCC/C=C\CCCCCC. The Labute approximate surface area is 328 Å². The smallest absolute Gasteiger partial charge is 0.306 e. The highest BCUT2D eigenvalue weighted by Crippen LogP contribution is 2.38. The van der Waals surface area contributed by atoms with Crippen LogP contribution in [0, 0.1) is 0 Å². The molecule has 0 rings (SSSR count). The van der Waals surface area contributed by atoms with Crippen molar-refractivity contribution in [3.8, 4) is 0 Å². The van der Waals surface area contributed by atoms with E-state index in [0.29, 0.717) is 12.8 Å². The molecule has 0 aliphatic rings. The maximum Gasteiger partial charge on any atom is 0.306 e. The summed E-state index contributed by atoms with van der Waals surface area (Å²) in [6, 6.07) is -1.42. The Morgan fingerprint density at radius 2 is 0.926 bits per heavy atom. The summed E-state index contributed by atoms with van der Waals surface area (Å²) in [5.74, 6) is -2.58. The van der Waals surface area contributed by atoms with Crippen LogP contribution >= 0.6 is 7.82 Å². The Morgan fingerprint density at radius 1 is 0.556 bits per heavy atom. The molecule has 0 aliphatic heterocycles. The van der Waals surface area contributed by atoms with Crippen LogP contribution in [0.2, 0.25) is 0 Å². The number of carboxylic acids is 1. The summed E-state index contributed by atoms with van der Waals surface area (Å²) in [4.78, 5) is 48.0. The fourth-order valence-electron chi connectivity index (χ4n) is 5.76. The monoisotopic (exact) mass is 787 g/mol. The molecule has 316 valence electrons. The van der Waals surface area contributed by atoms with Crippen LogP contribution in [0.3, 0.4) is 0 Å². The quantitative estimate of drug-likeness (QED) is 0.0274. The van der Waals surface area contributed by atoms with Crippen molar-refractivity contribution in [2.45, 2.75) is 206 Å². The van der Waals surface area contributed by atoms with E-state index in [1.165, 1.54) is 96.3 Å². The number of hydrogen-bond acceptors (Lipinski definition) is 10. The van der Waals surface area contributed by atoms with Gasteiger partial charge in [0.25, 0.3) is 7.82 Å². The third kappa shape index (κ3) is 36.9. The number of rotatable bonds is 40. The van der Waals surface area contributed by atoms with E-state index in [1.54, 1.807) is 0 Å². The lowest BCUT2D eigenvalue weighted by atomic mass is 10.1. The Morgan fingerprint density at radius 3 is 1.35 bits per heavy atom. The highest BCUT2D eigenvalue weighted by Gasteiger charge is 2.22. The Kier molecular flexibility index (Phi) is 36.4. The molecule has 0 bridgehead atoms. The molecule has 1 unspecified atom stereocenters. The number of carboxylic acid groups (broad SMARTS) is 1. The number of carbonyl (C=O) groups is 3. The highest BCUT2D eigenvalue weighted by molar-refractivity contribution is 7.45. The van der Waals surface area contributed by atoms with E-state index >= 15 is 0 Å². The van der Waals surface area contributed by atoms with Gasteiger partial charge in [-0.1, -0.05) is 141 Å². The zero-order valence-electron chi connectivity index (χ0n) is 34.1. The number of phosphoric ester groups is 1. The van der Waals surface area contributed by atoms with Crippen molar-refractivity contribution in [3.63, 3.8) is 0 Å². The molecule has 0 radical (unpaired) electrons. The summed E-state index contributed by atoms with van der Waals surface area (Å²) < 4.78 is 32.3. The minimum atomic E-state index is -4.95. The van der Waals surface area contributed by atoms with Gasteiger partial charge in [-0.25, -0.2) is 0 Å². The lowest BCUT2D eigenvalue weighted by molar-refractivity contribution is -0.441. The number of phosphoric acid groups is 1. The third-order valence-corrected chi connectivity index (χ3v) is 10.1. The second-order valence-corrected chi connectivity index (χ2v) is 15.9. The van der Waals surface area contributed by atoms with Gasteiger partial charge in [0.1, 0.15) is 25.2 Å². The molecule has 11 nitrogen and oxygen atoms in total. The van der Waals surface area contributed by atoms with Crippen LogP contribution < -0.4 is 15.7 Å². The van der Waals surface area contributed by atoms with Gasteiger partial charge in [-0.15, -0.1) is 0 Å². The van der Waals surface area contributed by atoms with Crippen LogP contribution in [0.25, 0.3) is 0 Å². The first kappa shape index (κ1) is 52.0. The molecular formula is C42H77NO10P-. The van der Waals surface area contributed by atoms with Crippen molar-refractivity contribution in [1.29, 1.82) is 0 Å². The van der Waals surface area contributed by atoms with Crippen molar-refractivity contribution < 1.29 is 53.2 Å². The third-order valence-electron chi connectivity index (χ3n) is 9.20. The van der Waals surface area contributed by atoms with Gasteiger partial charge in [0, 0.05) is 12.8 Å². The van der Waals surface area contributed by atoms with Gasteiger partial charge in [-0.3, -0.25) is 14.2 Å². The average molecular weight is 787 g/mol. The van der Waals surface area contributed by atoms with Crippen LogP contribution in [-0.2, 0) is 37.5 Å². The standard InChI is InChI=1S/C42H78NO10P/c1-3-5-7-9-11-13-15-17-19-21-23-25-27-29-31-33-40(44)50-35-38(36-51-54(48,49)52-37-39(43)42(46)47)53-41(45)34-32-30-28-26-24-22-20-18-16-14-12-10-8-6-4-2/h13-16,38-39H,3-12,17-37,43H2,1-2H3,(H,46,47)(H,48,49)/p-1/b15-13-,16-14-/t38-,39+/m1/s1. The molecule has 0 aromatic heterocycles. The van der Waals surface area contributed by atoms with E-state index in [1.807, 2.05) is 0 Å². The number of hydrogen-bond donors (Lipinski definition) is 1. The van der Waals surface area contributed by atoms with Crippen molar-refractivity contribution in [1.82, 2.24) is 0 Å². The highest BCUT2D eigenvalue weighted by atomic mass is 31.2. The van der Waals surface area contributed by atoms with E-state index in [0.717, 1.165) is 57.8 Å². The maximum atomic E-state index is 12.6. The topological polar surface area (TPSA) is 179 Å².